The molecule has 2 amide bonds. The first-order chi connectivity index (χ1) is 20.6. The van der Waals surface area contributed by atoms with Crippen molar-refractivity contribution in [2.75, 3.05) is 10.6 Å². The number of nitrogens with one attached hydrogen (secondary N) is 2. The molecule has 0 fully saturated rings. The van der Waals surface area contributed by atoms with Crippen LogP contribution in [0.3, 0.4) is 0 Å². The van der Waals surface area contributed by atoms with Gasteiger partial charge in [0.2, 0.25) is 0 Å². The zero-order chi connectivity index (χ0) is 32.4. The maximum atomic E-state index is 13.9. The zero-order valence-corrected chi connectivity index (χ0v) is 22.1. The van der Waals surface area contributed by atoms with Crippen LogP contribution in [-0.4, -0.2) is 22.0 Å². The third-order valence-electron chi connectivity index (χ3n) is 6.29. The predicted molar refractivity (Wildman–Crippen MR) is 150 cm³/mol. The van der Waals surface area contributed by atoms with Gasteiger partial charge in [0.1, 0.15) is 0 Å². The Bertz CT molecular complexity index is 1710. The molecule has 4 aromatic carbocycles. The van der Waals surface area contributed by atoms with Gasteiger partial charge in [-0.05, 0) is 83.9 Å². The number of rotatable bonds is 5. The van der Waals surface area contributed by atoms with Crippen molar-refractivity contribution in [1.82, 2.24) is 0 Å². The largest absolute Gasteiger partial charge is 0.505 e. The third-order valence-corrected chi connectivity index (χ3v) is 6.29. The van der Waals surface area contributed by atoms with Gasteiger partial charge in [0.05, 0.1) is 22.5 Å². The summed E-state index contributed by atoms with van der Waals surface area (Å²) in [5.41, 5.74) is -5.28. The molecule has 4 aromatic rings. The van der Waals surface area contributed by atoms with Gasteiger partial charge < -0.3 is 20.8 Å². The second-order valence-electron chi connectivity index (χ2n) is 9.19. The molecule has 4 rings (SSSR count). The van der Waals surface area contributed by atoms with Gasteiger partial charge in [0, 0.05) is 22.3 Å². The van der Waals surface area contributed by atoms with Gasteiger partial charge in [-0.3, -0.25) is 9.59 Å². The normalized spacial score (nSPS) is 11.3. The fraction of sp³-hybridized carbons (Fsp3) is 0.0625. The lowest BCUT2D eigenvalue weighted by Crippen LogP contribution is -2.15. The van der Waals surface area contributed by atoms with Gasteiger partial charge in [0.25, 0.3) is 11.8 Å². The molecule has 0 bridgehead atoms. The Balaban J connectivity index is 1.83. The number of anilines is 2. The number of alkyl halides is 6. The van der Waals surface area contributed by atoms with Crippen molar-refractivity contribution in [3.8, 4) is 47.3 Å². The summed E-state index contributed by atoms with van der Waals surface area (Å²) in [6.07, 6.45) is 0.116. The third kappa shape index (κ3) is 6.61. The highest BCUT2D eigenvalue weighted by Crippen LogP contribution is 2.46. The van der Waals surface area contributed by atoms with Crippen LogP contribution in [0.25, 0.3) is 11.1 Å². The Morgan fingerprint density at radius 3 is 1.18 bits per heavy atom. The predicted octanol–water partition coefficient (Wildman–Crippen LogP) is 7.27. The number of hydrogen-bond donors (Lipinski definition) is 4. The van der Waals surface area contributed by atoms with Crippen LogP contribution in [0, 0.1) is 24.7 Å². The van der Waals surface area contributed by atoms with Crippen molar-refractivity contribution < 1.29 is 46.1 Å². The molecule has 0 radical (unpaired) electrons. The molecule has 44 heavy (non-hydrogen) atoms. The minimum atomic E-state index is -5.21. The van der Waals surface area contributed by atoms with E-state index < -0.39 is 69.3 Å². The summed E-state index contributed by atoms with van der Waals surface area (Å²) >= 11 is 0. The molecule has 4 N–H and O–H groups in total. The second-order valence-corrected chi connectivity index (χ2v) is 9.19. The van der Waals surface area contributed by atoms with Gasteiger partial charge in [-0.1, -0.05) is 11.8 Å². The summed E-state index contributed by atoms with van der Waals surface area (Å²) < 4.78 is 83.5. The molecule has 0 aliphatic carbocycles. The van der Waals surface area contributed by atoms with Gasteiger partial charge in [-0.25, -0.2) is 0 Å². The van der Waals surface area contributed by atoms with Crippen molar-refractivity contribution >= 4 is 23.2 Å². The van der Waals surface area contributed by atoms with E-state index in [1.165, 1.54) is 48.5 Å². The van der Waals surface area contributed by atoms with E-state index in [-0.39, 0.29) is 11.1 Å². The Labute approximate surface area is 246 Å². The lowest BCUT2D eigenvalue weighted by Gasteiger charge is -2.19. The highest BCUT2D eigenvalue weighted by Gasteiger charge is 2.38. The molecule has 6 nitrogen and oxygen atoms in total. The maximum Gasteiger partial charge on any atom is 0.420 e. The average molecular weight is 608 g/mol. The molecule has 0 atom stereocenters. The van der Waals surface area contributed by atoms with Crippen molar-refractivity contribution in [3.63, 3.8) is 0 Å². The molecule has 0 unspecified atom stereocenters. The van der Waals surface area contributed by atoms with E-state index in [9.17, 15) is 46.1 Å². The quantitative estimate of drug-likeness (QED) is 0.109. The molecule has 0 aliphatic rings. The molecule has 12 heteroatoms. The maximum absolute atomic E-state index is 13.9. The molecule has 222 valence electrons. The fourth-order valence-electron chi connectivity index (χ4n) is 4.05. The average Bonchev–Trinajstić information content (AvgIpc) is 2.98. The van der Waals surface area contributed by atoms with Crippen molar-refractivity contribution in [3.05, 3.63) is 106 Å². The van der Waals surface area contributed by atoms with Gasteiger partial charge in [-0.2, -0.15) is 26.3 Å². The van der Waals surface area contributed by atoms with Crippen LogP contribution in [0.5, 0.6) is 11.5 Å². The first-order valence-corrected chi connectivity index (χ1v) is 12.3. The van der Waals surface area contributed by atoms with Crippen LogP contribution in [0.1, 0.15) is 43.0 Å². The first kappa shape index (κ1) is 31.1. The lowest BCUT2D eigenvalue weighted by atomic mass is 9.97. The Hall–Kier alpha value is -5.88. The van der Waals surface area contributed by atoms with Crippen LogP contribution in [0.2, 0.25) is 0 Å². The number of terminal acetylenes is 2. The number of phenols is 2. The van der Waals surface area contributed by atoms with E-state index in [1.54, 1.807) is 0 Å². The number of hydrogen-bond acceptors (Lipinski definition) is 4. The Morgan fingerprint density at radius 2 is 0.909 bits per heavy atom. The number of aromatic hydroxyl groups is 2. The van der Waals surface area contributed by atoms with Crippen molar-refractivity contribution in [2.45, 2.75) is 12.4 Å². The van der Waals surface area contributed by atoms with Crippen LogP contribution >= 0.6 is 0 Å². The van der Waals surface area contributed by atoms with Crippen LogP contribution in [0.15, 0.2) is 72.8 Å². The lowest BCUT2D eigenvalue weighted by molar-refractivity contribution is -0.139. The van der Waals surface area contributed by atoms with Gasteiger partial charge >= 0.3 is 12.4 Å². The smallest absolute Gasteiger partial charge is 0.420 e. The second kappa shape index (κ2) is 11.8. The zero-order valence-electron chi connectivity index (χ0n) is 22.1. The summed E-state index contributed by atoms with van der Waals surface area (Å²) in [5, 5.41) is 25.0. The topological polar surface area (TPSA) is 98.7 Å². The number of carbonyl (C=O) groups is 2. The minimum Gasteiger partial charge on any atom is -0.505 e. The van der Waals surface area contributed by atoms with E-state index in [4.69, 9.17) is 12.8 Å². The molecule has 0 saturated carbocycles. The Morgan fingerprint density at radius 1 is 0.591 bits per heavy atom. The molecule has 0 aliphatic heterocycles. The summed E-state index contributed by atoms with van der Waals surface area (Å²) in [5.74, 6) is -0.0612. The SMILES string of the molecule is C#Cc1ccc(C(=O)Nc2cc(-c3cc(NC(=O)c4ccc(C#C)cc4)c(O)c(C(F)(F)F)c3)cc(C(F)(F)F)c2O)cc1. The number of halogens is 6. The van der Waals surface area contributed by atoms with Gasteiger partial charge in [0.15, 0.2) is 11.5 Å². The van der Waals surface area contributed by atoms with Gasteiger partial charge in [-0.15, -0.1) is 12.8 Å². The minimum absolute atomic E-state index is 0.0494. The number of carbonyl (C=O) groups excluding carboxylic acids is 2. The molecule has 0 heterocycles. The fourth-order valence-corrected chi connectivity index (χ4v) is 4.05. The highest BCUT2D eigenvalue weighted by molar-refractivity contribution is 6.06. The number of benzene rings is 4. The molecule has 0 saturated heterocycles. The molecular formula is C32H18F6N2O4. The van der Waals surface area contributed by atoms with Crippen molar-refractivity contribution in [1.29, 1.82) is 0 Å². The summed E-state index contributed by atoms with van der Waals surface area (Å²) in [6, 6.07) is 13.0. The number of phenolic OH excluding ortho intramolecular Hbond substituents is 2. The standard InChI is InChI=1S/C32H18F6N2O4/c1-3-17-5-9-19(10-6-17)29(43)39-25-15-21(13-23(27(25)41)31(33,34)35)22-14-24(32(36,37)38)28(42)26(16-22)40-30(44)20-11-7-18(4-2)8-12-20/h1-2,5-16,41-42H,(H,39,43)(H,40,44). The summed E-state index contributed by atoms with van der Waals surface area (Å²) in [4.78, 5) is 25.5. The van der Waals surface area contributed by atoms with E-state index >= 15 is 0 Å². The van der Waals surface area contributed by atoms with Crippen LogP contribution in [0.4, 0.5) is 37.7 Å². The van der Waals surface area contributed by atoms with E-state index in [2.05, 4.69) is 22.5 Å². The first-order valence-electron chi connectivity index (χ1n) is 12.3. The monoisotopic (exact) mass is 608 g/mol. The number of amides is 2. The summed E-state index contributed by atoms with van der Waals surface area (Å²) in [6.45, 7) is 0. The van der Waals surface area contributed by atoms with E-state index in [0.29, 0.717) is 23.3 Å². The van der Waals surface area contributed by atoms with E-state index in [0.717, 1.165) is 12.1 Å². The summed E-state index contributed by atoms with van der Waals surface area (Å²) in [7, 11) is 0. The molecule has 0 spiro atoms. The highest BCUT2D eigenvalue weighted by atomic mass is 19.4. The van der Waals surface area contributed by atoms with Crippen LogP contribution in [-0.2, 0) is 12.4 Å². The van der Waals surface area contributed by atoms with Crippen molar-refractivity contribution in [2.24, 2.45) is 0 Å². The molecule has 0 aromatic heterocycles. The Kier molecular flexibility index (Phi) is 8.32. The van der Waals surface area contributed by atoms with Crippen LogP contribution < -0.4 is 10.6 Å². The van der Waals surface area contributed by atoms with E-state index in [1.807, 2.05) is 0 Å². The molecular weight excluding hydrogens is 590 g/mol.